The molecule has 2 rings (SSSR count). The fraction of sp³-hybridized carbons (Fsp3) is 0.562. The van der Waals surface area contributed by atoms with Crippen LogP contribution in [0.4, 0.5) is 0 Å². The molecule has 0 N–H and O–H groups in total. The highest BCUT2D eigenvalue weighted by atomic mass is 16.7. The normalized spacial score (nSPS) is 19.5. The first-order valence-electron chi connectivity index (χ1n) is 7.15. The lowest BCUT2D eigenvalue weighted by atomic mass is 9.80. The first-order chi connectivity index (χ1) is 9.71. The highest BCUT2D eigenvalue weighted by Gasteiger charge is 2.51. The van der Waals surface area contributed by atoms with Crippen LogP contribution < -0.4 is 5.46 Å². The molecule has 5 heteroatoms. The molecule has 0 spiro atoms. The van der Waals surface area contributed by atoms with Crippen molar-refractivity contribution in [1.29, 1.82) is 0 Å². The van der Waals surface area contributed by atoms with Gasteiger partial charge in [-0.25, -0.2) is 0 Å². The molecule has 0 amide bonds. The van der Waals surface area contributed by atoms with Crippen molar-refractivity contribution in [3.8, 4) is 11.8 Å². The van der Waals surface area contributed by atoms with Crippen LogP contribution in [0.5, 0.6) is 0 Å². The molecule has 0 bridgehead atoms. The Morgan fingerprint density at radius 2 is 1.76 bits per heavy atom. The summed E-state index contributed by atoms with van der Waals surface area (Å²) in [6.45, 7) is 8.89. The summed E-state index contributed by atoms with van der Waals surface area (Å²) >= 11 is 0. The summed E-state index contributed by atoms with van der Waals surface area (Å²) in [5.74, 6) is 6.22. The maximum Gasteiger partial charge on any atom is 0.496 e. The molecule has 0 radical (unpaired) electrons. The van der Waals surface area contributed by atoms with Gasteiger partial charge in [0.25, 0.3) is 0 Å². The van der Waals surface area contributed by atoms with Gasteiger partial charge in [-0.2, -0.15) is 0 Å². The quantitative estimate of drug-likeness (QED) is 0.606. The van der Waals surface area contributed by atoms with E-state index in [0.717, 1.165) is 17.6 Å². The second-order valence-electron chi connectivity index (χ2n) is 6.63. The molecule has 1 aromatic rings. The number of hydrogen-bond donors (Lipinski definition) is 0. The monoisotopic (exact) mass is 286 g/mol. The van der Waals surface area contributed by atoms with Crippen molar-refractivity contribution in [3.05, 3.63) is 24.0 Å². The lowest BCUT2D eigenvalue weighted by Crippen LogP contribution is -2.41. The third kappa shape index (κ3) is 3.65. The Kier molecular flexibility index (Phi) is 4.43. The van der Waals surface area contributed by atoms with Gasteiger partial charge in [-0.15, -0.1) is 0 Å². The molecule has 0 saturated carbocycles. The van der Waals surface area contributed by atoms with Crippen LogP contribution in [-0.4, -0.2) is 48.8 Å². The van der Waals surface area contributed by atoms with Gasteiger partial charge in [-0.1, -0.05) is 11.8 Å². The Morgan fingerprint density at radius 1 is 1.14 bits per heavy atom. The Bertz CT molecular complexity index is 557. The number of rotatable bonds is 2. The third-order valence-corrected chi connectivity index (χ3v) is 3.91. The van der Waals surface area contributed by atoms with Crippen molar-refractivity contribution >= 4 is 12.6 Å². The third-order valence-electron chi connectivity index (χ3n) is 3.91. The Balaban J connectivity index is 2.17. The zero-order valence-electron chi connectivity index (χ0n) is 13.7. The molecular formula is C16H23BN2O2. The first kappa shape index (κ1) is 16.0. The van der Waals surface area contributed by atoms with E-state index in [1.165, 1.54) is 0 Å². The minimum Gasteiger partial charge on any atom is -0.399 e. The number of hydrogen-bond acceptors (Lipinski definition) is 4. The van der Waals surface area contributed by atoms with Gasteiger partial charge in [0, 0.05) is 23.4 Å². The van der Waals surface area contributed by atoms with E-state index in [4.69, 9.17) is 9.31 Å². The zero-order valence-corrected chi connectivity index (χ0v) is 13.7. The van der Waals surface area contributed by atoms with E-state index in [1.54, 1.807) is 12.4 Å². The van der Waals surface area contributed by atoms with E-state index >= 15 is 0 Å². The van der Waals surface area contributed by atoms with Crippen molar-refractivity contribution in [2.75, 3.05) is 20.6 Å². The van der Waals surface area contributed by atoms with Crippen LogP contribution >= 0.6 is 0 Å². The van der Waals surface area contributed by atoms with Crippen molar-refractivity contribution in [3.63, 3.8) is 0 Å². The van der Waals surface area contributed by atoms with Crippen molar-refractivity contribution in [2.24, 2.45) is 0 Å². The molecule has 21 heavy (non-hydrogen) atoms. The minimum atomic E-state index is -0.391. The van der Waals surface area contributed by atoms with Gasteiger partial charge in [-0.05, 0) is 47.9 Å². The second kappa shape index (κ2) is 5.80. The standard InChI is InChI=1S/C16H23BN2O2/c1-15(2)16(3,4)21-17(20-15)14-10-13(11-18-12-14)8-7-9-19(5)6/h10-12H,9H2,1-6H3. The Morgan fingerprint density at radius 3 is 2.33 bits per heavy atom. The average Bonchev–Trinajstić information content (AvgIpc) is 2.58. The van der Waals surface area contributed by atoms with Crippen molar-refractivity contribution in [2.45, 2.75) is 38.9 Å². The predicted molar refractivity (Wildman–Crippen MR) is 85.4 cm³/mol. The second-order valence-corrected chi connectivity index (χ2v) is 6.63. The summed E-state index contributed by atoms with van der Waals surface area (Å²) in [6, 6.07) is 1.98. The topological polar surface area (TPSA) is 34.6 Å². The molecule has 1 aliphatic heterocycles. The van der Waals surface area contributed by atoms with E-state index < -0.39 is 7.12 Å². The van der Waals surface area contributed by atoms with Gasteiger partial charge in [-0.3, -0.25) is 9.88 Å². The maximum atomic E-state index is 6.03. The van der Waals surface area contributed by atoms with Crippen LogP contribution in [0.25, 0.3) is 0 Å². The molecule has 0 aliphatic carbocycles. The maximum absolute atomic E-state index is 6.03. The van der Waals surface area contributed by atoms with Gasteiger partial charge in [0.2, 0.25) is 0 Å². The van der Waals surface area contributed by atoms with Gasteiger partial charge >= 0.3 is 7.12 Å². The van der Waals surface area contributed by atoms with E-state index in [0.29, 0.717) is 0 Å². The zero-order chi connectivity index (χ0) is 15.7. The van der Waals surface area contributed by atoms with Crippen LogP contribution in [0.3, 0.4) is 0 Å². The minimum absolute atomic E-state index is 0.343. The fourth-order valence-corrected chi connectivity index (χ4v) is 1.93. The first-order valence-corrected chi connectivity index (χ1v) is 7.15. The molecule has 1 saturated heterocycles. The van der Waals surface area contributed by atoms with Crippen LogP contribution in [0.1, 0.15) is 33.3 Å². The van der Waals surface area contributed by atoms with E-state index in [9.17, 15) is 0 Å². The van der Waals surface area contributed by atoms with Crippen LogP contribution in [-0.2, 0) is 9.31 Å². The van der Waals surface area contributed by atoms with Crippen LogP contribution in [0.2, 0.25) is 0 Å². The number of nitrogens with zero attached hydrogens (tertiary/aromatic N) is 2. The summed E-state index contributed by atoms with van der Waals surface area (Å²) in [5.41, 5.74) is 1.10. The summed E-state index contributed by atoms with van der Waals surface area (Å²) < 4.78 is 12.1. The van der Waals surface area contributed by atoms with E-state index in [1.807, 2.05) is 52.8 Å². The molecule has 2 heterocycles. The Labute approximate surface area is 128 Å². The molecular weight excluding hydrogens is 263 g/mol. The van der Waals surface area contributed by atoms with Crippen LogP contribution in [0.15, 0.2) is 18.5 Å². The summed E-state index contributed by atoms with van der Waals surface area (Å²) in [5, 5.41) is 0. The van der Waals surface area contributed by atoms with Crippen molar-refractivity contribution in [1.82, 2.24) is 9.88 Å². The summed E-state index contributed by atoms with van der Waals surface area (Å²) in [7, 11) is 3.60. The van der Waals surface area contributed by atoms with Crippen molar-refractivity contribution < 1.29 is 9.31 Å². The predicted octanol–water partition coefficient (Wildman–Crippen LogP) is 1.29. The molecule has 112 valence electrons. The molecule has 0 atom stereocenters. The Hall–Kier alpha value is -1.35. The van der Waals surface area contributed by atoms with Gasteiger partial charge in [0.1, 0.15) is 0 Å². The molecule has 1 fully saturated rings. The molecule has 0 unspecified atom stereocenters. The van der Waals surface area contributed by atoms with Gasteiger partial charge in [0.05, 0.1) is 17.7 Å². The van der Waals surface area contributed by atoms with Gasteiger partial charge < -0.3 is 9.31 Å². The van der Waals surface area contributed by atoms with E-state index in [-0.39, 0.29) is 11.2 Å². The van der Waals surface area contributed by atoms with Crippen LogP contribution in [0, 0.1) is 11.8 Å². The molecule has 0 aromatic carbocycles. The lowest BCUT2D eigenvalue weighted by molar-refractivity contribution is 0.00578. The largest absolute Gasteiger partial charge is 0.496 e. The highest BCUT2D eigenvalue weighted by molar-refractivity contribution is 6.62. The SMILES string of the molecule is CN(C)CC#Cc1cncc(B2OC(C)(C)C(C)(C)O2)c1. The molecule has 1 aliphatic rings. The summed E-state index contributed by atoms with van der Waals surface area (Å²) in [4.78, 5) is 6.27. The fourth-order valence-electron chi connectivity index (χ4n) is 1.93. The smallest absolute Gasteiger partial charge is 0.399 e. The van der Waals surface area contributed by atoms with E-state index in [2.05, 4.69) is 16.8 Å². The van der Waals surface area contributed by atoms with Gasteiger partial charge in [0.15, 0.2) is 0 Å². The number of pyridine rings is 1. The summed E-state index contributed by atoms with van der Waals surface area (Å²) in [6.07, 6.45) is 3.54. The average molecular weight is 286 g/mol. The molecule has 1 aromatic heterocycles. The lowest BCUT2D eigenvalue weighted by Gasteiger charge is -2.32. The molecule has 4 nitrogen and oxygen atoms in total. The number of aromatic nitrogens is 1. The highest BCUT2D eigenvalue weighted by Crippen LogP contribution is 2.36.